The van der Waals surface area contributed by atoms with Gasteiger partial charge in [-0.15, -0.1) is 0 Å². The number of nitrogens with one attached hydrogen (secondary N) is 1. The second-order valence-corrected chi connectivity index (χ2v) is 4.30. The standard InChI is InChI=1S/C14H9ClF2N2/c15-12-3-1-2-4-13(12)19-14(8-18)9-5-10(16)7-11(17)6-9/h1-7,14,19H. The predicted molar refractivity (Wildman–Crippen MR) is 69.8 cm³/mol. The summed E-state index contributed by atoms with van der Waals surface area (Å²) in [6.45, 7) is 0. The third-order valence-electron chi connectivity index (χ3n) is 2.52. The minimum absolute atomic E-state index is 0.208. The summed E-state index contributed by atoms with van der Waals surface area (Å²) in [6, 6.07) is 10.9. The summed E-state index contributed by atoms with van der Waals surface area (Å²) in [7, 11) is 0. The van der Waals surface area contributed by atoms with E-state index < -0.39 is 17.7 Å². The van der Waals surface area contributed by atoms with E-state index in [9.17, 15) is 8.78 Å². The fourth-order valence-electron chi connectivity index (χ4n) is 1.67. The molecule has 2 aromatic carbocycles. The number of halogens is 3. The van der Waals surface area contributed by atoms with Crippen molar-refractivity contribution in [2.45, 2.75) is 6.04 Å². The van der Waals surface area contributed by atoms with Crippen LogP contribution in [-0.2, 0) is 0 Å². The van der Waals surface area contributed by atoms with E-state index in [1.54, 1.807) is 24.3 Å². The molecule has 2 rings (SSSR count). The minimum atomic E-state index is -0.884. The van der Waals surface area contributed by atoms with E-state index in [0.29, 0.717) is 10.7 Å². The van der Waals surface area contributed by atoms with Gasteiger partial charge >= 0.3 is 0 Å². The van der Waals surface area contributed by atoms with Gasteiger partial charge in [-0.1, -0.05) is 23.7 Å². The van der Waals surface area contributed by atoms with Gasteiger partial charge in [0, 0.05) is 6.07 Å². The van der Waals surface area contributed by atoms with Gasteiger partial charge in [-0.2, -0.15) is 5.26 Å². The highest BCUT2D eigenvalue weighted by molar-refractivity contribution is 6.33. The lowest BCUT2D eigenvalue weighted by Gasteiger charge is -2.14. The van der Waals surface area contributed by atoms with Gasteiger partial charge in [0.15, 0.2) is 0 Å². The molecule has 0 aliphatic carbocycles. The van der Waals surface area contributed by atoms with Crippen LogP contribution < -0.4 is 5.32 Å². The number of hydrogen-bond acceptors (Lipinski definition) is 2. The maximum Gasteiger partial charge on any atom is 0.140 e. The summed E-state index contributed by atoms with van der Waals surface area (Å²) in [5.41, 5.74) is 0.736. The van der Waals surface area contributed by atoms with Crippen LogP contribution in [0.4, 0.5) is 14.5 Å². The van der Waals surface area contributed by atoms with Gasteiger partial charge in [0.25, 0.3) is 0 Å². The van der Waals surface area contributed by atoms with Crippen molar-refractivity contribution in [1.82, 2.24) is 0 Å². The zero-order valence-corrected chi connectivity index (χ0v) is 10.5. The molecule has 0 saturated carbocycles. The Bertz CT molecular complexity index is 617. The van der Waals surface area contributed by atoms with Crippen molar-refractivity contribution in [3.05, 3.63) is 64.7 Å². The summed E-state index contributed by atoms with van der Waals surface area (Å²) in [6.07, 6.45) is 0. The van der Waals surface area contributed by atoms with Crippen LogP contribution >= 0.6 is 11.6 Å². The first-order valence-corrected chi connectivity index (χ1v) is 5.84. The monoisotopic (exact) mass is 278 g/mol. The molecule has 0 fully saturated rings. The van der Waals surface area contributed by atoms with Crippen LogP contribution in [-0.4, -0.2) is 0 Å². The molecule has 0 saturated heterocycles. The van der Waals surface area contributed by atoms with Crippen LogP contribution in [0, 0.1) is 23.0 Å². The van der Waals surface area contributed by atoms with Crippen molar-refractivity contribution in [1.29, 1.82) is 5.26 Å². The van der Waals surface area contributed by atoms with E-state index in [4.69, 9.17) is 16.9 Å². The smallest absolute Gasteiger partial charge is 0.140 e. The van der Waals surface area contributed by atoms with Crippen molar-refractivity contribution >= 4 is 17.3 Å². The Morgan fingerprint density at radius 1 is 1.11 bits per heavy atom. The van der Waals surface area contributed by atoms with Gasteiger partial charge in [0.05, 0.1) is 16.8 Å². The normalized spacial score (nSPS) is 11.7. The van der Waals surface area contributed by atoms with Crippen molar-refractivity contribution in [3.63, 3.8) is 0 Å². The molecule has 0 aromatic heterocycles. The lowest BCUT2D eigenvalue weighted by atomic mass is 10.1. The summed E-state index contributed by atoms with van der Waals surface area (Å²) < 4.78 is 26.3. The Balaban J connectivity index is 2.31. The quantitative estimate of drug-likeness (QED) is 0.909. The van der Waals surface area contributed by atoms with Crippen LogP contribution in [0.5, 0.6) is 0 Å². The van der Waals surface area contributed by atoms with Crippen LogP contribution in [0.15, 0.2) is 42.5 Å². The summed E-state index contributed by atoms with van der Waals surface area (Å²) in [5, 5.41) is 12.4. The highest BCUT2D eigenvalue weighted by Gasteiger charge is 2.14. The first-order valence-electron chi connectivity index (χ1n) is 5.47. The Hall–Kier alpha value is -2.12. The maximum absolute atomic E-state index is 13.1. The SMILES string of the molecule is N#CC(Nc1ccccc1Cl)c1cc(F)cc(F)c1. The average molecular weight is 279 g/mol. The van der Waals surface area contributed by atoms with Crippen LogP contribution in [0.2, 0.25) is 5.02 Å². The topological polar surface area (TPSA) is 35.8 Å². The fourth-order valence-corrected chi connectivity index (χ4v) is 1.86. The molecule has 0 spiro atoms. The molecular weight excluding hydrogens is 270 g/mol. The molecule has 1 atom stereocenters. The third kappa shape index (κ3) is 3.21. The average Bonchev–Trinajstić information content (AvgIpc) is 2.36. The number of para-hydroxylation sites is 1. The van der Waals surface area contributed by atoms with Crippen LogP contribution in [0.3, 0.4) is 0 Å². The highest BCUT2D eigenvalue weighted by Crippen LogP contribution is 2.26. The zero-order valence-electron chi connectivity index (χ0n) is 9.70. The molecule has 0 aliphatic heterocycles. The Morgan fingerprint density at radius 3 is 2.32 bits per heavy atom. The molecule has 19 heavy (non-hydrogen) atoms. The summed E-state index contributed by atoms with van der Waals surface area (Å²) in [5.74, 6) is -1.45. The van der Waals surface area contributed by atoms with Gasteiger partial charge in [-0.3, -0.25) is 0 Å². The van der Waals surface area contributed by atoms with Crippen molar-refractivity contribution < 1.29 is 8.78 Å². The molecule has 1 N–H and O–H groups in total. The van der Waals surface area contributed by atoms with Gasteiger partial charge in [-0.05, 0) is 29.8 Å². The highest BCUT2D eigenvalue weighted by atomic mass is 35.5. The molecule has 0 heterocycles. The molecule has 1 unspecified atom stereocenters. The molecule has 0 amide bonds. The van der Waals surface area contributed by atoms with E-state index in [-0.39, 0.29) is 5.56 Å². The Labute approximate surface area is 114 Å². The number of anilines is 1. The number of nitrogens with zero attached hydrogens (tertiary/aromatic N) is 1. The fraction of sp³-hybridized carbons (Fsp3) is 0.0714. The largest absolute Gasteiger partial charge is 0.365 e. The second-order valence-electron chi connectivity index (χ2n) is 3.89. The number of benzene rings is 2. The lowest BCUT2D eigenvalue weighted by molar-refractivity contribution is 0.579. The summed E-state index contributed by atoms with van der Waals surface area (Å²) in [4.78, 5) is 0. The maximum atomic E-state index is 13.1. The molecule has 96 valence electrons. The van der Waals surface area contributed by atoms with E-state index in [1.165, 1.54) is 0 Å². The summed E-state index contributed by atoms with van der Waals surface area (Å²) >= 11 is 5.96. The molecule has 0 radical (unpaired) electrons. The Kier molecular flexibility index (Phi) is 3.98. The van der Waals surface area contributed by atoms with Gasteiger partial charge < -0.3 is 5.32 Å². The van der Waals surface area contributed by atoms with Gasteiger partial charge in [0.1, 0.15) is 17.7 Å². The molecular formula is C14H9ClF2N2. The van der Waals surface area contributed by atoms with Crippen molar-refractivity contribution in [2.75, 3.05) is 5.32 Å². The van der Waals surface area contributed by atoms with Crippen molar-refractivity contribution in [3.8, 4) is 6.07 Å². The van der Waals surface area contributed by atoms with E-state index in [0.717, 1.165) is 18.2 Å². The van der Waals surface area contributed by atoms with Crippen LogP contribution in [0.25, 0.3) is 0 Å². The molecule has 2 nitrogen and oxygen atoms in total. The van der Waals surface area contributed by atoms with Crippen LogP contribution in [0.1, 0.15) is 11.6 Å². The molecule has 0 bridgehead atoms. The minimum Gasteiger partial charge on any atom is -0.365 e. The number of hydrogen-bond donors (Lipinski definition) is 1. The molecule has 5 heteroatoms. The first-order chi connectivity index (χ1) is 9.10. The second kappa shape index (κ2) is 5.68. The van der Waals surface area contributed by atoms with E-state index >= 15 is 0 Å². The number of rotatable bonds is 3. The zero-order chi connectivity index (χ0) is 13.8. The molecule has 0 aliphatic rings. The van der Waals surface area contributed by atoms with Gasteiger partial charge in [0.2, 0.25) is 0 Å². The van der Waals surface area contributed by atoms with E-state index in [1.807, 2.05) is 6.07 Å². The predicted octanol–water partition coefficient (Wildman–Crippen LogP) is 4.29. The number of nitriles is 1. The first kappa shape index (κ1) is 13.3. The molecule has 2 aromatic rings. The van der Waals surface area contributed by atoms with Crippen molar-refractivity contribution in [2.24, 2.45) is 0 Å². The van der Waals surface area contributed by atoms with Gasteiger partial charge in [-0.25, -0.2) is 8.78 Å². The lowest BCUT2D eigenvalue weighted by Crippen LogP contribution is -2.09. The third-order valence-corrected chi connectivity index (χ3v) is 2.85. The Morgan fingerprint density at radius 2 is 1.74 bits per heavy atom. The van der Waals surface area contributed by atoms with E-state index in [2.05, 4.69) is 5.32 Å².